The minimum atomic E-state index is 0.0654. The lowest BCUT2D eigenvalue weighted by Crippen LogP contribution is -2.33. The molecule has 0 radical (unpaired) electrons. The van der Waals surface area contributed by atoms with Crippen molar-refractivity contribution in [3.05, 3.63) is 57.0 Å². The molecule has 2 aromatic rings. The zero-order valence-corrected chi connectivity index (χ0v) is 15.2. The molecule has 5 heteroatoms. The predicted molar refractivity (Wildman–Crippen MR) is 96.3 cm³/mol. The zero-order valence-electron chi connectivity index (χ0n) is 12.9. The fourth-order valence-electron chi connectivity index (χ4n) is 2.74. The van der Waals surface area contributed by atoms with E-state index in [4.69, 9.17) is 16.3 Å². The van der Waals surface area contributed by atoms with E-state index < -0.39 is 0 Å². The highest BCUT2D eigenvalue weighted by molar-refractivity contribution is 9.10. The molecule has 1 fully saturated rings. The standard InChI is InChI=1S/C18H19BrClNO2/c1-23-17-8-13(15(20)9-16(17)22)11-21-18(6-7-18)10-12-4-2-3-5-14(12)19/h2-5,8-9,21-22H,6-7,10-11H2,1H3. The van der Waals surface area contributed by atoms with Crippen molar-refractivity contribution in [1.82, 2.24) is 5.32 Å². The molecule has 23 heavy (non-hydrogen) atoms. The van der Waals surface area contributed by atoms with Gasteiger partial charge in [-0.2, -0.15) is 0 Å². The van der Waals surface area contributed by atoms with Gasteiger partial charge < -0.3 is 15.2 Å². The minimum Gasteiger partial charge on any atom is -0.504 e. The summed E-state index contributed by atoms with van der Waals surface area (Å²) in [5, 5.41) is 13.9. The van der Waals surface area contributed by atoms with Crippen LogP contribution in [0.2, 0.25) is 5.02 Å². The highest BCUT2D eigenvalue weighted by atomic mass is 79.9. The van der Waals surface area contributed by atoms with E-state index in [0.717, 1.165) is 29.3 Å². The number of phenols is 1. The van der Waals surface area contributed by atoms with Gasteiger partial charge in [0.2, 0.25) is 0 Å². The van der Waals surface area contributed by atoms with Crippen LogP contribution < -0.4 is 10.1 Å². The summed E-state index contributed by atoms with van der Waals surface area (Å²) < 4.78 is 6.31. The topological polar surface area (TPSA) is 41.5 Å². The fourth-order valence-corrected chi connectivity index (χ4v) is 3.39. The first-order valence-corrected chi connectivity index (χ1v) is 8.74. The number of methoxy groups -OCH3 is 1. The van der Waals surface area contributed by atoms with E-state index in [9.17, 15) is 5.11 Å². The summed E-state index contributed by atoms with van der Waals surface area (Å²) in [6.45, 7) is 0.653. The summed E-state index contributed by atoms with van der Waals surface area (Å²) in [4.78, 5) is 0. The molecule has 0 aromatic heterocycles. The fraction of sp³-hybridized carbons (Fsp3) is 0.333. The van der Waals surface area contributed by atoms with Gasteiger partial charge in [-0.25, -0.2) is 0 Å². The zero-order chi connectivity index (χ0) is 16.4. The molecule has 0 spiro atoms. The molecule has 0 saturated heterocycles. The Morgan fingerprint density at radius 3 is 2.65 bits per heavy atom. The average molecular weight is 397 g/mol. The summed E-state index contributed by atoms with van der Waals surface area (Å²) in [6, 6.07) is 11.7. The summed E-state index contributed by atoms with van der Waals surface area (Å²) in [6.07, 6.45) is 3.30. The van der Waals surface area contributed by atoms with Crippen molar-refractivity contribution in [2.24, 2.45) is 0 Å². The second-order valence-electron chi connectivity index (χ2n) is 6.02. The normalized spacial score (nSPS) is 15.4. The first kappa shape index (κ1) is 16.6. The van der Waals surface area contributed by atoms with E-state index in [1.54, 1.807) is 6.07 Å². The van der Waals surface area contributed by atoms with E-state index in [1.807, 2.05) is 6.07 Å². The van der Waals surface area contributed by atoms with E-state index in [0.29, 0.717) is 17.3 Å². The average Bonchev–Trinajstić information content (AvgIpc) is 3.29. The summed E-state index contributed by atoms with van der Waals surface area (Å²) in [7, 11) is 1.54. The van der Waals surface area contributed by atoms with Gasteiger partial charge in [-0.05, 0) is 42.5 Å². The van der Waals surface area contributed by atoms with Gasteiger partial charge in [0.1, 0.15) is 0 Å². The van der Waals surface area contributed by atoms with Gasteiger partial charge in [0.25, 0.3) is 0 Å². The third-order valence-corrected chi connectivity index (χ3v) is 5.47. The van der Waals surface area contributed by atoms with Crippen molar-refractivity contribution in [1.29, 1.82) is 0 Å². The number of phenolic OH excluding ortho intramolecular Hbond substituents is 1. The van der Waals surface area contributed by atoms with Crippen molar-refractivity contribution in [3.63, 3.8) is 0 Å². The lowest BCUT2D eigenvalue weighted by Gasteiger charge is -2.19. The van der Waals surface area contributed by atoms with Gasteiger partial charge in [0.15, 0.2) is 11.5 Å². The molecule has 2 aromatic carbocycles. The van der Waals surface area contributed by atoms with Gasteiger partial charge in [-0.3, -0.25) is 0 Å². The number of rotatable bonds is 6. The molecular weight excluding hydrogens is 378 g/mol. The molecule has 1 aliphatic carbocycles. The number of aromatic hydroxyl groups is 1. The maximum Gasteiger partial charge on any atom is 0.160 e. The van der Waals surface area contributed by atoms with Crippen LogP contribution in [0.4, 0.5) is 0 Å². The monoisotopic (exact) mass is 395 g/mol. The first-order valence-electron chi connectivity index (χ1n) is 7.57. The van der Waals surface area contributed by atoms with Crippen molar-refractivity contribution >= 4 is 27.5 Å². The second-order valence-corrected chi connectivity index (χ2v) is 7.28. The van der Waals surface area contributed by atoms with Crippen molar-refractivity contribution < 1.29 is 9.84 Å². The molecule has 3 nitrogen and oxygen atoms in total. The molecule has 0 amide bonds. The van der Waals surface area contributed by atoms with Gasteiger partial charge in [0.05, 0.1) is 7.11 Å². The second kappa shape index (κ2) is 6.71. The van der Waals surface area contributed by atoms with Crippen LogP contribution in [0.5, 0.6) is 11.5 Å². The van der Waals surface area contributed by atoms with Gasteiger partial charge in [0, 0.05) is 27.6 Å². The molecule has 122 valence electrons. The Labute approximate surface area is 149 Å². The quantitative estimate of drug-likeness (QED) is 0.745. The largest absolute Gasteiger partial charge is 0.504 e. The lowest BCUT2D eigenvalue weighted by molar-refractivity contribution is 0.372. The van der Waals surface area contributed by atoms with Crippen LogP contribution in [-0.2, 0) is 13.0 Å². The smallest absolute Gasteiger partial charge is 0.160 e. The van der Waals surface area contributed by atoms with Crippen LogP contribution in [-0.4, -0.2) is 17.8 Å². The summed E-state index contributed by atoms with van der Waals surface area (Å²) >= 11 is 9.85. The van der Waals surface area contributed by atoms with Crippen LogP contribution in [0.25, 0.3) is 0 Å². The van der Waals surface area contributed by atoms with Crippen LogP contribution in [0.1, 0.15) is 24.0 Å². The molecule has 1 saturated carbocycles. The van der Waals surface area contributed by atoms with Gasteiger partial charge >= 0.3 is 0 Å². The van der Waals surface area contributed by atoms with Crippen molar-refractivity contribution in [2.45, 2.75) is 31.3 Å². The number of halogens is 2. The number of hydrogen-bond donors (Lipinski definition) is 2. The molecule has 1 aliphatic rings. The third-order valence-electron chi connectivity index (χ3n) is 4.34. The molecule has 3 rings (SSSR count). The molecule has 0 bridgehead atoms. The number of nitrogens with one attached hydrogen (secondary N) is 1. The SMILES string of the molecule is COc1cc(CNC2(Cc3ccccc3Br)CC2)c(Cl)cc1O. The van der Waals surface area contributed by atoms with Crippen LogP contribution in [0.3, 0.4) is 0 Å². The Bertz CT molecular complexity index is 716. The van der Waals surface area contributed by atoms with Crippen molar-refractivity contribution in [3.8, 4) is 11.5 Å². The van der Waals surface area contributed by atoms with Crippen LogP contribution in [0, 0.1) is 0 Å². The maximum atomic E-state index is 9.75. The highest BCUT2D eigenvalue weighted by Crippen LogP contribution is 2.41. The molecule has 0 atom stereocenters. The molecular formula is C18H19BrClNO2. The van der Waals surface area contributed by atoms with E-state index in [-0.39, 0.29) is 11.3 Å². The maximum absolute atomic E-state index is 9.75. The molecule has 0 unspecified atom stereocenters. The predicted octanol–water partition coefficient (Wildman–Crippen LogP) is 4.68. The summed E-state index contributed by atoms with van der Waals surface area (Å²) in [5.41, 5.74) is 2.38. The Hall–Kier alpha value is -1.23. The lowest BCUT2D eigenvalue weighted by atomic mass is 10.0. The third kappa shape index (κ3) is 3.82. The Balaban J connectivity index is 1.70. The Morgan fingerprint density at radius 1 is 1.26 bits per heavy atom. The van der Waals surface area contributed by atoms with E-state index in [2.05, 4.69) is 39.4 Å². The number of benzene rings is 2. The van der Waals surface area contributed by atoms with Crippen molar-refractivity contribution in [2.75, 3.05) is 7.11 Å². The van der Waals surface area contributed by atoms with E-state index >= 15 is 0 Å². The minimum absolute atomic E-state index is 0.0654. The van der Waals surface area contributed by atoms with Crippen LogP contribution >= 0.6 is 27.5 Å². The first-order chi connectivity index (χ1) is 11.0. The highest BCUT2D eigenvalue weighted by Gasteiger charge is 2.42. The molecule has 0 heterocycles. The molecule has 2 N–H and O–H groups in total. The molecule has 0 aliphatic heterocycles. The Morgan fingerprint density at radius 2 is 2.00 bits per heavy atom. The van der Waals surface area contributed by atoms with Gasteiger partial charge in [-0.1, -0.05) is 45.7 Å². The van der Waals surface area contributed by atoms with Gasteiger partial charge in [-0.15, -0.1) is 0 Å². The van der Waals surface area contributed by atoms with Crippen LogP contribution in [0.15, 0.2) is 40.9 Å². The van der Waals surface area contributed by atoms with E-state index in [1.165, 1.54) is 18.7 Å². The number of hydrogen-bond acceptors (Lipinski definition) is 3. The Kier molecular flexibility index (Phi) is 4.85. The summed E-state index contributed by atoms with van der Waals surface area (Å²) in [5.74, 6) is 0.512. The number of ether oxygens (including phenoxy) is 1.